The number of hydrogen-bond donors (Lipinski definition) is 0. The third-order valence-electron chi connectivity index (χ3n) is 5.42. The smallest absolute Gasteiger partial charge is 0.233 e. The van der Waals surface area contributed by atoms with E-state index in [0.29, 0.717) is 50.0 Å². The van der Waals surface area contributed by atoms with E-state index in [9.17, 15) is 9.18 Å². The molecule has 1 aromatic heterocycles. The number of aromatic nitrogens is 1. The Morgan fingerprint density at radius 1 is 1.24 bits per heavy atom. The molecule has 1 saturated heterocycles. The fourth-order valence-electron chi connectivity index (χ4n) is 3.50. The van der Waals surface area contributed by atoms with Crippen molar-refractivity contribution in [2.24, 2.45) is 5.92 Å². The van der Waals surface area contributed by atoms with E-state index in [4.69, 9.17) is 9.26 Å². The van der Waals surface area contributed by atoms with Crippen molar-refractivity contribution in [2.75, 3.05) is 31.2 Å². The summed E-state index contributed by atoms with van der Waals surface area (Å²) < 4.78 is 25.7. The molecule has 1 fully saturated rings. The Bertz CT molecular complexity index is 830. The molecule has 0 unspecified atom stereocenters. The van der Waals surface area contributed by atoms with Crippen LogP contribution in [-0.2, 0) is 16.1 Å². The minimum absolute atomic E-state index is 0.0470. The first kappa shape index (κ1) is 21.3. The highest BCUT2D eigenvalue weighted by Crippen LogP contribution is 2.35. The van der Waals surface area contributed by atoms with Crippen molar-refractivity contribution in [3.8, 4) is 11.3 Å². The van der Waals surface area contributed by atoms with Gasteiger partial charge in [0.05, 0.1) is 25.3 Å². The Kier molecular flexibility index (Phi) is 6.90. The van der Waals surface area contributed by atoms with E-state index in [2.05, 4.69) is 17.0 Å². The van der Waals surface area contributed by atoms with Crippen LogP contribution < -0.4 is 4.90 Å². The zero-order valence-electron chi connectivity index (χ0n) is 17.7. The molecule has 1 amide bonds. The average molecular weight is 403 g/mol. The van der Waals surface area contributed by atoms with Crippen LogP contribution in [0.2, 0.25) is 0 Å². The highest BCUT2D eigenvalue weighted by atomic mass is 19.1. The number of hydrogen-bond acceptors (Lipinski definition) is 5. The molecule has 0 aliphatic carbocycles. The molecule has 2 aromatic rings. The van der Waals surface area contributed by atoms with Gasteiger partial charge in [-0.05, 0) is 25.5 Å². The quantitative estimate of drug-likeness (QED) is 0.697. The summed E-state index contributed by atoms with van der Waals surface area (Å²) in [7, 11) is 0. The molecule has 6 nitrogen and oxygen atoms in total. The van der Waals surface area contributed by atoms with Crippen molar-refractivity contribution in [3.63, 3.8) is 0 Å². The molecular formula is C22H30FN3O3. The first-order valence-electron chi connectivity index (χ1n) is 10.3. The molecule has 0 bridgehead atoms. The predicted molar refractivity (Wildman–Crippen MR) is 110 cm³/mol. The van der Waals surface area contributed by atoms with E-state index in [1.54, 1.807) is 18.2 Å². The molecule has 1 atom stereocenters. The fourth-order valence-corrected chi connectivity index (χ4v) is 3.50. The number of halogens is 1. The van der Waals surface area contributed by atoms with Crippen LogP contribution >= 0.6 is 0 Å². The van der Waals surface area contributed by atoms with Gasteiger partial charge < -0.3 is 19.1 Å². The highest BCUT2D eigenvalue weighted by Gasteiger charge is 2.30. The standard InChI is InChI=1S/C22H30FN3O3/c1-5-16(4)26(21(27)15(2)3)14-18-20(17-8-6-7-9-19(17)23)24-29-22(18)25-10-12-28-13-11-25/h6-9,15-16H,5,10-14H2,1-4H3/t16-/m1/s1. The van der Waals surface area contributed by atoms with Crippen LogP contribution in [0.25, 0.3) is 11.3 Å². The number of carbonyl (C=O) groups is 1. The van der Waals surface area contributed by atoms with Gasteiger partial charge in [-0.3, -0.25) is 4.79 Å². The molecule has 2 heterocycles. The molecule has 0 spiro atoms. The molecule has 158 valence electrons. The van der Waals surface area contributed by atoms with Crippen LogP contribution in [0.15, 0.2) is 28.8 Å². The second-order valence-corrected chi connectivity index (χ2v) is 7.77. The lowest BCUT2D eigenvalue weighted by Gasteiger charge is -2.32. The van der Waals surface area contributed by atoms with Gasteiger partial charge in [-0.1, -0.05) is 38.1 Å². The van der Waals surface area contributed by atoms with Crippen molar-refractivity contribution in [1.82, 2.24) is 10.1 Å². The Morgan fingerprint density at radius 2 is 1.93 bits per heavy atom. The first-order chi connectivity index (χ1) is 13.9. The van der Waals surface area contributed by atoms with E-state index < -0.39 is 0 Å². The number of nitrogens with zero attached hydrogens (tertiary/aromatic N) is 3. The summed E-state index contributed by atoms with van der Waals surface area (Å²) in [5, 5.41) is 4.23. The van der Waals surface area contributed by atoms with Gasteiger partial charge in [0.15, 0.2) is 0 Å². The van der Waals surface area contributed by atoms with Gasteiger partial charge in [0.1, 0.15) is 11.5 Å². The summed E-state index contributed by atoms with van der Waals surface area (Å²) in [4.78, 5) is 16.9. The van der Waals surface area contributed by atoms with E-state index in [-0.39, 0.29) is 23.7 Å². The van der Waals surface area contributed by atoms with Gasteiger partial charge in [-0.15, -0.1) is 0 Å². The normalized spacial score (nSPS) is 15.6. The number of carbonyl (C=O) groups excluding carboxylic acids is 1. The molecule has 1 aromatic carbocycles. The number of amides is 1. The van der Waals surface area contributed by atoms with E-state index in [0.717, 1.165) is 12.0 Å². The first-order valence-corrected chi connectivity index (χ1v) is 10.3. The maximum Gasteiger partial charge on any atom is 0.233 e. The van der Waals surface area contributed by atoms with Gasteiger partial charge in [0, 0.05) is 30.6 Å². The summed E-state index contributed by atoms with van der Waals surface area (Å²) in [6.45, 7) is 10.7. The summed E-state index contributed by atoms with van der Waals surface area (Å²) in [5.41, 5.74) is 1.58. The maximum absolute atomic E-state index is 14.6. The third kappa shape index (κ3) is 4.61. The van der Waals surface area contributed by atoms with Gasteiger partial charge in [-0.2, -0.15) is 0 Å². The van der Waals surface area contributed by atoms with Crippen LogP contribution in [0.3, 0.4) is 0 Å². The summed E-state index contributed by atoms with van der Waals surface area (Å²) in [6, 6.07) is 6.57. The molecule has 29 heavy (non-hydrogen) atoms. The Balaban J connectivity index is 2.06. The van der Waals surface area contributed by atoms with E-state index >= 15 is 0 Å². The SMILES string of the molecule is CC[C@@H](C)N(Cc1c(-c2ccccc2F)noc1N1CCOCC1)C(=O)C(C)C. The molecular weight excluding hydrogens is 373 g/mol. The Morgan fingerprint density at radius 3 is 2.55 bits per heavy atom. The topological polar surface area (TPSA) is 58.8 Å². The van der Waals surface area contributed by atoms with Crippen LogP contribution in [0.4, 0.5) is 10.3 Å². The Hall–Kier alpha value is -2.41. The summed E-state index contributed by atoms with van der Waals surface area (Å²) in [5.74, 6) is 0.165. The third-order valence-corrected chi connectivity index (χ3v) is 5.42. The number of morpholine rings is 1. The van der Waals surface area contributed by atoms with Gasteiger partial charge in [-0.25, -0.2) is 4.39 Å². The second kappa shape index (κ2) is 9.39. The predicted octanol–water partition coefficient (Wildman–Crippen LogP) is 4.10. The lowest BCUT2D eigenvalue weighted by atomic mass is 10.0. The van der Waals surface area contributed by atoms with Crippen LogP contribution in [0, 0.1) is 11.7 Å². The maximum atomic E-state index is 14.6. The lowest BCUT2D eigenvalue weighted by Crippen LogP contribution is -2.41. The second-order valence-electron chi connectivity index (χ2n) is 7.77. The number of benzene rings is 1. The van der Waals surface area contributed by atoms with Gasteiger partial charge in [0.2, 0.25) is 11.8 Å². The monoisotopic (exact) mass is 403 g/mol. The van der Waals surface area contributed by atoms with E-state index in [1.807, 2.05) is 25.7 Å². The summed E-state index contributed by atoms with van der Waals surface area (Å²) >= 11 is 0. The van der Waals surface area contributed by atoms with Crippen molar-refractivity contribution < 1.29 is 18.4 Å². The van der Waals surface area contributed by atoms with Crippen molar-refractivity contribution >= 4 is 11.8 Å². The van der Waals surface area contributed by atoms with Crippen LogP contribution in [0.5, 0.6) is 0 Å². The van der Waals surface area contributed by atoms with Gasteiger partial charge in [0.25, 0.3) is 0 Å². The lowest BCUT2D eigenvalue weighted by molar-refractivity contribution is -0.137. The molecule has 0 saturated carbocycles. The Labute approximate surface area is 171 Å². The highest BCUT2D eigenvalue weighted by molar-refractivity contribution is 5.79. The number of ether oxygens (including phenoxy) is 1. The largest absolute Gasteiger partial charge is 0.378 e. The van der Waals surface area contributed by atoms with Crippen LogP contribution in [0.1, 0.15) is 39.7 Å². The van der Waals surface area contributed by atoms with E-state index in [1.165, 1.54) is 6.07 Å². The molecule has 0 radical (unpaired) electrons. The molecule has 7 heteroatoms. The fraction of sp³-hybridized carbons (Fsp3) is 0.545. The molecule has 1 aliphatic heterocycles. The molecule has 0 N–H and O–H groups in total. The zero-order chi connectivity index (χ0) is 21.0. The van der Waals surface area contributed by atoms with Crippen molar-refractivity contribution in [2.45, 2.75) is 46.7 Å². The average Bonchev–Trinajstić information content (AvgIpc) is 3.15. The van der Waals surface area contributed by atoms with Crippen molar-refractivity contribution in [1.29, 1.82) is 0 Å². The minimum atomic E-state index is -0.360. The minimum Gasteiger partial charge on any atom is -0.378 e. The zero-order valence-corrected chi connectivity index (χ0v) is 17.7. The number of anilines is 1. The van der Waals surface area contributed by atoms with Crippen LogP contribution in [-0.4, -0.2) is 48.3 Å². The number of rotatable bonds is 7. The molecule has 1 aliphatic rings. The molecule has 3 rings (SSSR count). The summed E-state index contributed by atoms with van der Waals surface area (Å²) in [6.07, 6.45) is 0.825. The van der Waals surface area contributed by atoms with Crippen molar-refractivity contribution in [3.05, 3.63) is 35.6 Å². The van der Waals surface area contributed by atoms with Gasteiger partial charge >= 0.3 is 0 Å².